The van der Waals surface area contributed by atoms with E-state index in [-0.39, 0.29) is 22.9 Å². The van der Waals surface area contributed by atoms with E-state index in [1.807, 2.05) is 0 Å². The number of ether oxygens (including phenoxy) is 2. The molecule has 2 aromatic rings. The molecule has 3 aliphatic rings. The van der Waals surface area contributed by atoms with Crippen molar-refractivity contribution in [3.05, 3.63) is 61.7 Å². The average Bonchev–Trinajstić information content (AvgIpc) is 3.49. The lowest BCUT2D eigenvalue weighted by molar-refractivity contribution is -0.393. The van der Waals surface area contributed by atoms with Crippen LogP contribution in [-0.4, -0.2) is 36.0 Å². The lowest BCUT2D eigenvalue weighted by Crippen LogP contribution is -2.23. The number of methoxy groups -OCH3 is 1. The number of carbonyl (C=O) groups is 1. The van der Waals surface area contributed by atoms with Crippen molar-refractivity contribution in [1.82, 2.24) is 0 Å². The number of hydrogen-bond donors (Lipinski definition) is 0. The van der Waals surface area contributed by atoms with Crippen LogP contribution in [0.1, 0.15) is 36.8 Å². The van der Waals surface area contributed by atoms with E-state index in [9.17, 15) is 25.0 Å². The molecular weight excluding hydrogens is 442 g/mol. The average molecular weight is 465 g/mol. The molecule has 2 saturated carbocycles. The lowest BCUT2D eigenvalue weighted by Gasteiger charge is -2.24. The Kier molecular flexibility index (Phi) is 5.22. The van der Waals surface area contributed by atoms with Crippen LogP contribution in [0.2, 0.25) is 0 Å². The second kappa shape index (κ2) is 8.12. The van der Waals surface area contributed by atoms with Crippen LogP contribution in [0, 0.1) is 32.1 Å². The standard InChI is InChI=1S/C24H23N3O7/c1-25-23-17(11-16(26(29)30)12-19(23)27(31)32)18(24(25)28)8-14-4-6-20(33-2)22(10-14)34-21-9-13-3-5-15(21)7-13/h4,6,8,10-13,15,21H,3,5,7,9H2,1-2H3/b18-8+/t13-,15+,21+/m1/s1. The summed E-state index contributed by atoms with van der Waals surface area (Å²) in [7, 11) is 2.98. The third kappa shape index (κ3) is 3.55. The van der Waals surface area contributed by atoms with Gasteiger partial charge in [-0.1, -0.05) is 6.07 Å². The molecule has 2 bridgehead atoms. The maximum Gasteiger partial charge on any atom is 0.300 e. The summed E-state index contributed by atoms with van der Waals surface area (Å²) in [6.45, 7) is 0. The predicted molar refractivity (Wildman–Crippen MR) is 124 cm³/mol. The number of carbonyl (C=O) groups excluding carboxylic acids is 1. The van der Waals surface area contributed by atoms with Gasteiger partial charge in [-0.3, -0.25) is 25.0 Å². The fraction of sp³-hybridized carbons (Fsp3) is 0.375. The van der Waals surface area contributed by atoms with Gasteiger partial charge in [-0.15, -0.1) is 0 Å². The normalized spacial score (nSPS) is 23.9. The van der Waals surface area contributed by atoms with E-state index in [1.54, 1.807) is 31.4 Å². The number of hydrogen-bond acceptors (Lipinski definition) is 7. The minimum Gasteiger partial charge on any atom is -0.493 e. The van der Waals surface area contributed by atoms with Crippen LogP contribution in [0.3, 0.4) is 0 Å². The molecule has 0 unspecified atom stereocenters. The molecule has 1 aliphatic heterocycles. The van der Waals surface area contributed by atoms with E-state index >= 15 is 0 Å². The van der Waals surface area contributed by atoms with Gasteiger partial charge in [-0.25, -0.2) is 0 Å². The molecule has 0 radical (unpaired) electrons. The largest absolute Gasteiger partial charge is 0.493 e. The molecule has 1 heterocycles. The smallest absolute Gasteiger partial charge is 0.300 e. The first-order valence-electron chi connectivity index (χ1n) is 11.1. The molecule has 10 nitrogen and oxygen atoms in total. The summed E-state index contributed by atoms with van der Waals surface area (Å²) in [5, 5.41) is 23.0. The van der Waals surface area contributed by atoms with E-state index in [4.69, 9.17) is 9.47 Å². The number of nitro benzene ring substituents is 2. The summed E-state index contributed by atoms with van der Waals surface area (Å²) in [6.07, 6.45) is 6.32. The number of benzene rings is 2. The summed E-state index contributed by atoms with van der Waals surface area (Å²) in [5.74, 6) is 1.91. The minimum atomic E-state index is -0.715. The molecule has 0 saturated heterocycles. The number of rotatable bonds is 6. The van der Waals surface area contributed by atoms with Crippen molar-refractivity contribution in [2.75, 3.05) is 19.1 Å². The van der Waals surface area contributed by atoms with E-state index in [2.05, 4.69) is 0 Å². The molecule has 34 heavy (non-hydrogen) atoms. The van der Waals surface area contributed by atoms with Crippen LogP contribution < -0.4 is 14.4 Å². The monoisotopic (exact) mass is 465 g/mol. The maximum absolute atomic E-state index is 13.0. The van der Waals surface area contributed by atoms with Gasteiger partial charge in [0, 0.05) is 18.7 Å². The number of likely N-dealkylation sites (N-methyl/N-ethyl adjacent to an activating group) is 1. The third-order valence-electron chi connectivity index (χ3n) is 7.09. The maximum atomic E-state index is 13.0. The summed E-state index contributed by atoms with van der Waals surface area (Å²) in [6, 6.07) is 7.34. The zero-order valence-corrected chi connectivity index (χ0v) is 18.7. The van der Waals surface area contributed by atoms with Crippen molar-refractivity contribution in [1.29, 1.82) is 0 Å². The lowest BCUT2D eigenvalue weighted by atomic mass is 9.97. The van der Waals surface area contributed by atoms with E-state index in [0.717, 1.165) is 23.8 Å². The quantitative estimate of drug-likeness (QED) is 0.347. The molecule has 2 aliphatic carbocycles. The summed E-state index contributed by atoms with van der Waals surface area (Å²) in [4.78, 5) is 35.7. The van der Waals surface area contributed by atoms with Gasteiger partial charge in [0.25, 0.3) is 17.3 Å². The zero-order valence-electron chi connectivity index (χ0n) is 18.7. The number of nitro groups is 2. The van der Waals surface area contributed by atoms with Gasteiger partial charge in [0.1, 0.15) is 11.8 Å². The fourth-order valence-electron chi connectivity index (χ4n) is 5.48. The Morgan fingerprint density at radius 1 is 1.06 bits per heavy atom. The zero-order chi connectivity index (χ0) is 24.1. The second-order valence-electron chi connectivity index (χ2n) is 9.04. The highest BCUT2D eigenvalue weighted by Crippen LogP contribution is 2.48. The van der Waals surface area contributed by atoms with Crippen LogP contribution in [0.15, 0.2) is 30.3 Å². The van der Waals surface area contributed by atoms with Gasteiger partial charge < -0.3 is 14.4 Å². The highest BCUT2D eigenvalue weighted by atomic mass is 16.6. The Morgan fingerprint density at radius 2 is 1.85 bits per heavy atom. The topological polar surface area (TPSA) is 125 Å². The molecule has 0 spiro atoms. The molecule has 10 heteroatoms. The Bertz CT molecular complexity index is 1260. The molecule has 176 valence electrons. The van der Waals surface area contributed by atoms with Gasteiger partial charge in [0.15, 0.2) is 11.5 Å². The minimum absolute atomic E-state index is 0.0406. The van der Waals surface area contributed by atoms with Gasteiger partial charge in [-0.05, 0) is 61.3 Å². The van der Waals surface area contributed by atoms with Crippen molar-refractivity contribution in [3.8, 4) is 11.5 Å². The Hall–Kier alpha value is -3.95. The van der Waals surface area contributed by atoms with Crippen LogP contribution in [0.25, 0.3) is 11.6 Å². The number of non-ortho nitro benzene ring substituents is 1. The van der Waals surface area contributed by atoms with E-state index in [1.165, 1.54) is 26.0 Å². The predicted octanol–water partition coefficient (Wildman–Crippen LogP) is 4.60. The molecule has 5 rings (SSSR count). The molecule has 2 aromatic carbocycles. The first-order chi connectivity index (χ1) is 16.3. The molecular formula is C24H23N3O7. The molecule has 2 fully saturated rings. The number of amides is 1. The molecule has 0 N–H and O–H groups in total. The molecule has 3 atom stereocenters. The van der Waals surface area contributed by atoms with Gasteiger partial charge in [0.05, 0.1) is 28.6 Å². The first kappa shape index (κ1) is 21.9. The summed E-state index contributed by atoms with van der Waals surface area (Å²) >= 11 is 0. The van der Waals surface area contributed by atoms with Crippen molar-refractivity contribution in [2.24, 2.45) is 11.8 Å². The van der Waals surface area contributed by atoms with E-state index in [0.29, 0.717) is 28.9 Å². The van der Waals surface area contributed by atoms with Crippen molar-refractivity contribution < 1.29 is 24.1 Å². The Labute approximate surface area is 195 Å². The third-order valence-corrected chi connectivity index (χ3v) is 7.09. The summed E-state index contributed by atoms with van der Waals surface area (Å²) < 4.78 is 11.8. The second-order valence-corrected chi connectivity index (χ2v) is 9.04. The fourth-order valence-corrected chi connectivity index (χ4v) is 5.48. The molecule has 0 aromatic heterocycles. The van der Waals surface area contributed by atoms with Crippen LogP contribution >= 0.6 is 0 Å². The number of fused-ring (bicyclic) bond motifs is 3. The van der Waals surface area contributed by atoms with Gasteiger partial charge in [0.2, 0.25) is 0 Å². The van der Waals surface area contributed by atoms with Gasteiger partial charge >= 0.3 is 0 Å². The molecule has 1 amide bonds. The Morgan fingerprint density at radius 3 is 2.47 bits per heavy atom. The SMILES string of the molecule is COc1ccc(/C=C2/C(=O)N(C)c3c2cc([N+](=O)[O-])cc3[N+](=O)[O-])cc1O[C@H]1C[C@@H]2CC[C@H]1C2. The van der Waals surface area contributed by atoms with Crippen LogP contribution in [0.4, 0.5) is 17.1 Å². The van der Waals surface area contributed by atoms with Crippen molar-refractivity contribution in [3.63, 3.8) is 0 Å². The highest BCUT2D eigenvalue weighted by molar-refractivity contribution is 6.36. The van der Waals surface area contributed by atoms with Crippen molar-refractivity contribution in [2.45, 2.75) is 31.8 Å². The summed E-state index contributed by atoms with van der Waals surface area (Å²) in [5.41, 5.74) is 0.0182. The highest BCUT2D eigenvalue weighted by Gasteiger charge is 2.41. The van der Waals surface area contributed by atoms with Crippen LogP contribution in [-0.2, 0) is 4.79 Å². The van der Waals surface area contributed by atoms with Crippen LogP contribution in [0.5, 0.6) is 11.5 Å². The number of anilines is 1. The van der Waals surface area contributed by atoms with Crippen molar-refractivity contribution >= 4 is 34.6 Å². The number of nitrogens with zero attached hydrogens (tertiary/aromatic N) is 3. The Balaban J connectivity index is 1.56. The first-order valence-corrected chi connectivity index (χ1v) is 11.1. The van der Waals surface area contributed by atoms with Gasteiger partial charge in [-0.2, -0.15) is 0 Å². The van der Waals surface area contributed by atoms with E-state index < -0.39 is 27.1 Å².